The second-order valence-corrected chi connectivity index (χ2v) is 4.58. The molecular weight excluding hydrogens is 301 g/mol. The van der Waals surface area contributed by atoms with Gasteiger partial charge < -0.3 is 14.8 Å². The lowest BCUT2D eigenvalue weighted by Crippen LogP contribution is -2.23. The summed E-state index contributed by atoms with van der Waals surface area (Å²) in [6.45, 7) is 5.76. The molecule has 0 amide bonds. The van der Waals surface area contributed by atoms with Gasteiger partial charge in [-0.05, 0) is 54.0 Å². The molecule has 0 aliphatic carbocycles. The highest BCUT2D eigenvalue weighted by Crippen LogP contribution is 2.25. The third-order valence-electron chi connectivity index (χ3n) is 2.28. The Morgan fingerprint density at radius 2 is 2.11 bits per heavy atom. The SMILES string of the molecule is CCOCCCNCCOc1ccc(F)cc1Br. The van der Waals surface area contributed by atoms with Crippen molar-refractivity contribution in [2.75, 3.05) is 32.9 Å². The maximum absolute atomic E-state index is 12.8. The van der Waals surface area contributed by atoms with E-state index in [1.54, 1.807) is 6.07 Å². The quantitative estimate of drug-likeness (QED) is 0.710. The number of hydrogen-bond donors (Lipinski definition) is 1. The summed E-state index contributed by atoms with van der Waals surface area (Å²) < 4.78 is 24.2. The second-order valence-electron chi connectivity index (χ2n) is 3.72. The van der Waals surface area contributed by atoms with E-state index < -0.39 is 0 Å². The van der Waals surface area contributed by atoms with Crippen LogP contribution in [-0.4, -0.2) is 32.9 Å². The molecule has 0 heterocycles. The van der Waals surface area contributed by atoms with Gasteiger partial charge in [-0.3, -0.25) is 0 Å². The van der Waals surface area contributed by atoms with Crippen molar-refractivity contribution in [1.82, 2.24) is 5.32 Å². The van der Waals surface area contributed by atoms with E-state index in [9.17, 15) is 4.39 Å². The zero-order chi connectivity index (χ0) is 13.2. The van der Waals surface area contributed by atoms with Crippen molar-refractivity contribution in [2.24, 2.45) is 0 Å². The van der Waals surface area contributed by atoms with Gasteiger partial charge in [-0.2, -0.15) is 0 Å². The van der Waals surface area contributed by atoms with Crippen LogP contribution in [0.2, 0.25) is 0 Å². The Morgan fingerprint density at radius 3 is 2.83 bits per heavy atom. The fourth-order valence-electron chi connectivity index (χ4n) is 1.39. The molecule has 0 radical (unpaired) electrons. The highest BCUT2D eigenvalue weighted by Gasteiger charge is 2.01. The van der Waals surface area contributed by atoms with Gasteiger partial charge in [0, 0.05) is 19.8 Å². The second kappa shape index (κ2) is 9.30. The van der Waals surface area contributed by atoms with E-state index >= 15 is 0 Å². The molecule has 0 atom stereocenters. The van der Waals surface area contributed by atoms with Gasteiger partial charge in [0.05, 0.1) is 4.47 Å². The highest BCUT2D eigenvalue weighted by atomic mass is 79.9. The zero-order valence-electron chi connectivity index (χ0n) is 10.5. The maximum Gasteiger partial charge on any atom is 0.133 e. The monoisotopic (exact) mass is 319 g/mol. The molecule has 1 aromatic rings. The minimum Gasteiger partial charge on any atom is -0.491 e. The minimum absolute atomic E-state index is 0.275. The third kappa shape index (κ3) is 6.33. The standard InChI is InChI=1S/C13H19BrFNO2/c1-2-17-8-3-6-16-7-9-18-13-5-4-11(15)10-12(13)14/h4-5,10,16H,2-3,6-9H2,1H3. The van der Waals surface area contributed by atoms with E-state index in [-0.39, 0.29) is 5.82 Å². The average Bonchev–Trinajstić information content (AvgIpc) is 2.35. The molecule has 0 aromatic heterocycles. The summed E-state index contributed by atoms with van der Waals surface area (Å²) in [6.07, 6.45) is 0.994. The molecule has 5 heteroatoms. The number of benzene rings is 1. The van der Waals surface area contributed by atoms with Gasteiger partial charge in [0.1, 0.15) is 18.2 Å². The molecule has 0 aliphatic heterocycles. The van der Waals surface area contributed by atoms with E-state index in [1.807, 2.05) is 6.92 Å². The molecule has 3 nitrogen and oxygen atoms in total. The minimum atomic E-state index is -0.275. The van der Waals surface area contributed by atoms with Gasteiger partial charge in [0.15, 0.2) is 0 Å². The van der Waals surface area contributed by atoms with Crippen molar-refractivity contribution < 1.29 is 13.9 Å². The maximum atomic E-state index is 12.8. The number of hydrogen-bond acceptors (Lipinski definition) is 3. The topological polar surface area (TPSA) is 30.5 Å². The van der Waals surface area contributed by atoms with Crippen LogP contribution in [0.25, 0.3) is 0 Å². The summed E-state index contributed by atoms with van der Waals surface area (Å²) in [5.41, 5.74) is 0. The van der Waals surface area contributed by atoms with Crippen LogP contribution >= 0.6 is 15.9 Å². The Kier molecular flexibility index (Phi) is 7.96. The number of nitrogens with one attached hydrogen (secondary N) is 1. The van der Waals surface area contributed by atoms with Crippen molar-refractivity contribution >= 4 is 15.9 Å². The van der Waals surface area contributed by atoms with Crippen LogP contribution in [0.4, 0.5) is 4.39 Å². The first kappa shape index (κ1) is 15.4. The molecule has 0 saturated heterocycles. The Morgan fingerprint density at radius 1 is 1.28 bits per heavy atom. The van der Waals surface area contributed by atoms with Crippen molar-refractivity contribution in [1.29, 1.82) is 0 Å². The van der Waals surface area contributed by atoms with Crippen LogP contribution in [-0.2, 0) is 4.74 Å². The molecule has 1 N–H and O–H groups in total. The lowest BCUT2D eigenvalue weighted by atomic mass is 10.3. The average molecular weight is 320 g/mol. The van der Waals surface area contributed by atoms with Crippen LogP contribution in [0.5, 0.6) is 5.75 Å². The predicted molar refractivity (Wildman–Crippen MR) is 73.6 cm³/mol. The summed E-state index contributed by atoms with van der Waals surface area (Å²) in [5, 5.41) is 3.25. The predicted octanol–water partition coefficient (Wildman–Crippen LogP) is 2.98. The summed E-state index contributed by atoms with van der Waals surface area (Å²) in [7, 11) is 0. The lowest BCUT2D eigenvalue weighted by molar-refractivity contribution is 0.144. The first-order valence-corrected chi connectivity index (χ1v) is 6.89. The molecule has 0 bridgehead atoms. The van der Waals surface area contributed by atoms with Gasteiger partial charge >= 0.3 is 0 Å². The Hall–Kier alpha value is -0.650. The molecule has 0 fully saturated rings. The number of rotatable bonds is 9. The van der Waals surface area contributed by atoms with E-state index in [0.717, 1.165) is 32.7 Å². The van der Waals surface area contributed by atoms with Gasteiger partial charge in [-0.25, -0.2) is 4.39 Å². The zero-order valence-corrected chi connectivity index (χ0v) is 12.1. The van der Waals surface area contributed by atoms with Crippen LogP contribution in [0.1, 0.15) is 13.3 Å². The fourth-order valence-corrected chi connectivity index (χ4v) is 1.86. The smallest absolute Gasteiger partial charge is 0.133 e. The Balaban J connectivity index is 2.07. The third-order valence-corrected chi connectivity index (χ3v) is 2.90. The summed E-state index contributed by atoms with van der Waals surface area (Å²) >= 11 is 3.26. The van der Waals surface area contributed by atoms with Gasteiger partial charge in [0.2, 0.25) is 0 Å². The number of halogens is 2. The van der Waals surface area contributed by atoms with Crippen LogP contribution in [0, 0.1) is 5.82 Å². The van der Waals surface area contributed by atoms with Crippen LogP contribution < -0.4 is 10.1 Å². The van der Waals surface area contributed by atoms with Gasteiger partial charge in [-0.15, -0.1) is 0 Å². The molecule has 18 heavy (non-hydrogen) atoms. The van der Waals surface area contributed by atoms with E-state index in [0.29, 0.717) is 16.8 Å². The first-order valence-electron chi connectivity index (χ1n) is 6.10. The van der Waals surface area contributed by atoms with Gasteiger partial charge in [0.25, 0.3) is 0 Å². The molecule has 0 unspecified atom stereocenters. The molecule has 1 aromatic carbocycles. The van der Waals surface area contributed by atoms with E-state index in [1.165, 1.54) is 12.1 Å². The van der Waals surface area contributed by atoms with Crippen LogP contribution in [0.15, 0.2) is 22.7 Å². The molecule has 0 saturated carbocycles. The van der Waals surface area contributed by atoms with E-state index in [4.69, 9.17) is 9.47 Å². The highest BCUT2D eigenvalue weighted by molar-refractivity contribution is 9.10. The van der Waals surface area contributed by atoms with Crippen LogP contribution in [0.3, 0.4) is 0 Å². The molecule has 0 aliphatic rings. The van der Waals surface area contributed by atoms with E-state index in [2.05, 4.69) is 21.2 Å². The van der Waals surface area contributed by atoms with Crippen molar-refractivity contribution in [2.45, 2.75) is 13.3 Å². The van der Waals surface area contributed by atoms with Gasteiger partial charge in [-0.1, -0.05) is 0 Å². The summed E-state index contributed by atoms with van der Waals surface area (Å²) in [6, 6.07) is 4.40. The van der Waals surface area contributed by atoms with Crippen molar-refractivity contribution in [3.05, 3.63) is 28.5 Å². The molecule has 102 valence electrons. The first-order chi connectivity index (χ1) is 8.74. The largest absolute Gasteiger partial charge is 0.491 e. The normalized spacial score (nSPS) is 10.6. The summed E-state index contributed by atoms with van der Waals surface area (Å²) in [4.78, 5) is 0. The fraction of sp³-hybridized carbons (Fsp3) is 0.538. The lowest BCUT2D eigenvalue weighted by Gasteiger charge is -2.09. The molecular formula is C13H19BrFNO2. The van der Waals surface area contributed by atoms with Crippen molar-refractivity contribution in [3.63, 3.8) is 0 Å². The number of ether oxygens (including phenoxy) is 2. The van der Waals surface area contributed by atoms with Crippen molar-refractivity contribution in [3.8, 4) is 5.75 Å². The summed E-state index contributed by atoms with van der Waals surface area (Å²) in [5.74, 6) is 0.385. The molecule has 0 spiro atoms. The molecule has 1 rings (SSSR count). The Bertz CT molecular complexity index is 350. The Labute approximate surface area is 116 Å².